The van der Waals surface area contributed by atoms with Gasteiger partial charge in [0.15, 0.2) is 0 Å². The molecular formula is C20H28N4O2. The van der Waals surface area contributed by atoms with Crippen molar-refractivity contribution in [3.8, 4) is 5.75 Å². The Kier molecular flexibility index (Phi) is 5.81. The van der Waals surface area contributed by atoms with Gasteiger partial charge in [0.2, 0.25) is 0 Å². The highest BCUT2D eigenvalue weighted by molar-refractivity contribution is 5.75. The SMILES string of the molecule is CCn1ncc(CNC(=O)N2CCCCC2c2cccc(OC)c2)c1C. The number of aryl methyl sites for hydroxylation is 1. The van der Waals surface area contributed by atoms with Gasteiger partial charge in [-0.15, -0.1) is 0 Å². The van der Waals surface area contributed by atoms with Crippen molar-refractivity contribution in [2.75, 3.05) is 13.7 Å². The van der Waals surface area contributed by atoms with Crippen molar-refractivity contribution in [3.05, 3.63) is 47.3 Å². The Morgan fingerprint density at radius 1 is 1.38 bits per heavy atom. The number of carbonyl (C=O) groups is 1. The molecule has 0 saturated carbocycles. The quantitative estimate of drug-likeness (QED) is 0.889. The van der Waals surface area contributed by atoms with Crippen LogP contribution in [0.25, 0.3) is 0 Å². The fourth-order valence-corrected chi connectivity index (χ4v) is 3.62. The molecule has 2 heterocycles. The third-order valence-electron chi connectivity index (χ3n) is 5.18. The average molecular weight is 356 g/mol. The van der Waals surface area contributed by atoms with Crippen LogP contribution in [0.2, 0.25) is 0 Å². The lowest BCUT2D eigenvalue weighted by Gasteiger charge is -2.36. The normalized spacial score (nSPS) is 17.2. The second-order valence-corrected chi connectivity index (χ2v) is 6.71. The van der Waals surface area contributed by atoms with Gasteiger partial charge < -0.3 is 15.0 Å². The number of nitrogens with one attached hydrogen (secondary N) is 1. The van der Waals surface area contributed by atoms with Crippen molar-refractivity contribution < 1.29 is 9.53 Å². The van der Waals surface area contributed by atoms with E-state index in [1.807, 2.05) is 40.9 Å². The third-order valence-corrected chi connectivity index (χ3v) is 5.18. The number of rotatable bonds is 5. The minimum absolute atomic E-state index is 0.0128. The summed E-state index contributed by atoms with van der Waals surface area (Å²) in [6.07, 6.45) is 5.00. The molecule has 1 aromatic carbocycles. The van der Waals surface area contributed by atoms with Crippen LogP contribution in [-0.2, 0) is 13.1 Å². The van der Waals surface area contributed by atoms with Crippen molar-refractivity contribution in [3.63, 3.8) is 0 Å². The van der Waals surface area contributed by atoms with Gasteiger partial charge in [-0.2, -0.15) is 5.10 Å². The van der Waals surface area contributed by atoms with Crippen LogP contribution < -0.4 is 10.1 Å². The summed E-state index contributed by atoms with van der Waals surface area (Å²) in [6.45, 7) is 6.23. The maximum Gasteiger partial charge on any atom is 0.318 e. The highest BCUT2D eigenvalue weighted by Crippen LogP contribution is 2.32. The van der Waals surface area contributed by atoms with Crippen LogP contribution in [0.4, 0.5) is 4.79 Å². The summed E-state index contributed by atoms with van der Waals surface area (Å²) in [7, 11) is 1.67. The number of likely N-dealkylation sites (tertiary alicyclic amines) is 1. The van der Waals surface area contributed by atoms with Crippen LogP contribution in [0.3, 0.4) is 0 Å². The highest BCUT2D eigenvalue weighted by atomic mass is 16.5. The Labute approximate surface area is 155 Å². The molecule has 140 valence electrons. The lowest BCUT2D eigenvalue weighted by molar-refractivity contribution is 0.151. The second-order valence-electron chi connectivity index (χ2n) is 6.71. The van der Waals surface area contributed by atoms with E-state index >= 15 is 0 Å². The molecule has 0 radical (unpaired) electrons. The number of benzene rings is 1. The van der Waals surface area contributed by atoms with E-state index in [-0.39, 0.29) is 12.1 Å². The molecule has 6 heteroatoms. The summed E-state index contributed by atoms with van der Waals surface area (Å²) < 4.78 is 7.29. The fourth-order valence-electron chi connectivity index (χ4n) is 3.62. The molecule has 2 aromatic rings. The average Bonchev–Trinajstić information content (AvgIpc) is 3.05. The van der Waals surface area contributed by atoms with E-state index < -0.39 is 0 Å². The lowest BCUT2D eigenvalue weighted by Crippen LogP contribution is -2.44. The Bertz CT molecular complexity index is 756. The maximum absolute atomic E-state index is 12.9. The van der Waals surface area contributed by atoms with Crippen molar-refractivity contribution >= 4 is 6.03 Å². The summed E-state index contributed by atoms with van der Waals surface area (Å²) in [5.74, 6) is 0.830. The lowest BCUT2D eigenvalue weighted by atomic mass is 9.95. The van der Waals surface area contributed by atoms with Crippen LogP contribution in [-0.4, -0.2) is 34.4 Å². The first-order chi connectivity index (χ1) is 12.6. The molecule has 1 fully saturated rings. The van der Waals surface area contributed by atoms with E-state index in [1.165, 1.54) is 0 Å². The van der Waals surface area contributed by atoms with Gasteiger partial charge in [-0.05, 0) is 50.8 Å². The summed E-state index contributed by atoms with van der Waals surface area (Å²) in [5, 5.41) is 7.42. The van der Waals surface area contributed by atoms with Gasteiger partial charge in [0, 0.05) is 30.9 Å². The Balaban J connectivity index is 1.70. The Morgan fingerprint density at radius 3 is 2.96 bits per heavy atom. The minimum Gasteiger partial charge on any atom is -0.497 e. The number of urea groups is 1. The molecule has 0 spiro atoms. The molecule has 2 amide bonds. The molecule has 1 aliphatic rings. The van der Waals surface area contributed by atoms with Crippen LogP contribution >= 0.6 is 0 Å². The number of piperidine rings is 1. The van der Waals surface area contributed by atoms with E-state index in [0.717, 1.165) is 54.9 Å². The molecule has 0 aliphatic carbocycles. The van der Waals surface area contributed by atoms with Crippen molar-refractivity contribution in [1.82, 2.24) is 20.0 Å². The first kappa shape index (κ1) is 18.3. The van der Waals surface area contributed by atoms with Gasteiger partial charge >= 0.3 is 6.03 Å². The smallest absolute Gasteiger partial charge is 0.318 e. The second kappa shape index (κ2) is 8.25. The van der Waals surface area contributed by atoms with Gasteiger partial charge in [0.05, 0.1) is 19.3 Å². The minimum atomic E-state index is -0.0128. The van der Waals surface area contributed by atoms with E-state index in [0.29, 0.717) is 6.54 Å². The first-order valence-electron chi connectivity index (χ1n) is 9.33. The molecule has 1 aromatic heterocycles. The number of hydrogen-bond donors (Lipinski definition) is 1. The molecule has 6 nitrogen and oxygen atoms in total. The number of methoxy groups -OCH3 is 1. The summed E-state index contributed by atoms with van der Waals surface area (Å²) >= 11 is 0. The number of aromatic nitrogens is 2. The van der Waals surface area contributed by atoms with E-state index in [2.05, 4.69) is 23.4 Å². The van der Waals surface area contributed by atoms with E-state index in [1.54, 1.807) is 7.11 Å². The molecule has 3 rings (SSSR count). The monoisotopic (exact) mass is 356 g/mol. The standard InChI is InChI=1S/C20H28N4O2/c1-4-24-15(2)17(14-22-24)13-21-20(25)23-11-6-5-10-19(23)16-8-7-9-18(12-16)26-3/h7-9,12,14,19H,4-6,10-11,13H2,1-3H3,(H,21,25). The largest absolute Gasteiger partial charge is 0.497 e. The Hall–Kier alpha value is -2.50. The fraction of sp³-hybridized carbons (Fsp3) is 0.500. The molecule has 1 N–H and O–H groups in total. The van der Waals surface area contributed by atoms with E-state index in [4.69, 9.17) is 4.74 Å². The molecule has 1 aliphatic heterocycles. The molecule has 26 heavy (non-hydrogen) atoms. The molecule has 1 unspecified atom stereocenters. The van der Waals surface area contributed by atoms with Crippen molar-refractivity contribution in [2.45, 2.75) is 52.2 Å². The molecule has 1 saturated heterocycles. The van der Waals surface area contributed by atoms with Gasteiger partial charge in [-0.1, -0.05) is 12.1 Å². The topological polar surface area (TPSA) is 59.4 Å². The predicted octanol–water partition coefficient (Wildman–Crippen LogP) is 3.66. The van der Waals surface area contributed by atoms with Crippen molar-refractivity contribution in [1.29, 1.82) is 0 Å². The van der Waals surface area contributed by atoms with Crippen LogP contribution in [0.1, 0.15) is 49.0 Å². The number of nitrogens with zero attached hydrogens (tertiary/aromatic N) is 3. The maximum atomic E-state index is 12.9. The summed E-state index contributed by atoms with van der Waals surface area (Å²) in [5.41, 5.74) is 3.31. The zero-order chi connectivity index (χ0) is 18.5. The van der Waals surface area contributed by atoms with Gasteiger partial charge in [0.1, 0.15) is 5.75 Å². The molecule has 1 atom stereocenters. The molecular weight excluding hydrogens is 328 g/mol. The summed E-state index contributed by atoms with van der Waals surface area (Å²) in [4.78, 5) is 14.8. The number of ether oxygens (including phenoxy) is 1. The highest BCUT2D eigenvalue weighted by Gasteiger charge is 2.28. The third kappa shape index (κ3) is 3.84. The van der Waals surface area contributed by atoms with Crippen LogP contribution in [0.5, 0.6) is 5.75 Å². The zero-order valence-corrected chi connectivity index (χ0v) is 15.9. The van der Waals surface area contributed by atoms with Gasteiger partial charge in [-0.25, -0.2) is 4.79 Å². The van der Waals surface area contributed by atoms with Crippen LogP contribution in [0, 0.1) is 6.92 Å². The van der Waals surface area contributed by atoms with Crippen LogP contribution in [0.15, 0.2) is 30.5 Å². The zero-order valence-electron chi connectivity index (χ0n) is 15.9. The Morgan fingerprint density at radius 2 is 2.23 bits per heavy atom. The molecule has 0 bridgehead atoms. The number of carbonyl (C=O) groups excluding carboxylic acids is 1. The number of hydrogen-bond acceptors (Lipinski definition) is 3. The number of amides is 2. The summed E-state index contributed by atoms with van der Waals surface area (Å²) in [6, 6.07) is 8.12. The predicted molar refractivity (Wildman–Crippen MR) is 101 cm³/mol. The van der Waals surface area contributed by atoms with Gasteiger partial charge in [0.25, 0.3) is 0 Å². The van der Waals surface area contributed by atoms with Crippen molar-refractivity contribution in [2.24, 2.45) is 0 Å². The first-order valence-corrected chi connectivity index (χ1v) is 9.33. The van der Waals surface area contributed by atoms with Gasteiger partial charge in [-0.3, -0.25) is 4.68 Å². The van der Waals surface area contributed by atoms with E-state index in [9.17, 15) is 4.79 Å².